The fourth-order valence-electron chi connectivity index (χ4n) is 2.75. The predicted octanol–water partition coefficient (Wildman–Crippen LogP) is 4.92. The maximum atomic E-state index is 14.2. The van der Waals surface area contributed by atoms with Crippen molar-refractivity contribution in [1.29, 1.82) is 0 Å². The third-order valence-corrected chi connectivity index (χ3v) is 4.40. The minimum absolute atomic E-state index is 0.0370. The second-order valence-corrected chi connectivity index (χ2v) is 6.24. The predicted molar refractivity (Wildman–Crippen MR) is 102 cm³/mol. The lowest BCUT2D eigenvalue weighted by molar-refractivity contribution is -0.114. The number of anilines is 1. The van der Waals surface area contributed by atoms with Crippen molar-refractivity contribution in [3.63, 3.8) is 0 Å². The molecule has 3 rings (SSSR count). The van der Waals surface area contributed by atoms with Crippen molar-refractivity contribution in [1.82, 2.24) is 0 Å². The molecular formula is C21H16F4N2O2. The van der Waals surface area contributed by atoms with Crippen LogP contribution >= 0.6 is 0 Å². The summed E-state index contributed by atoms with van der Waals surface area (Å²) in [6.45, 7) is 2.35. The number of rotatable bonds is 4. The van der Waals surface area contributed by atoms with Crippen molar-refractivity contribution in [3.8, 4) is 5.75 Å². The number of benzene rings is 2. The van der Waals surface area contributed by atoms with E-state index >= 15 is 0 Å². The standard InChI is InChI=1S/C21H16F4N2O2/c1-11-16(22)18(24)20(19(25)17(11)23)27-21(28)15(12(2)26-27)6-4-5-13-7-9-14(29-3)10-8-13/h4-10H,1-3H3/b5-4+,15-6+. The molecule has 1 aliphatic heterocycles. The zero-order valence-corrected chi connectivity index (χ0v) is 15.8. The molecule has 0 atom stereocenters. The maximum Gasteiger partial charge on any atom is 0.280 e. The molecule has 0 aromatic heterocycles. The number of amides is 1. The van der Waals surface area contributed by atoms with Crippen molar-refractivity contribution in [2.24, 2.45) is 5.10 Å². The third kappa shape index (κ3) is 3.65. The van der Waals surface area contributed by atoms with Gasteiger partial charge in [0.15, 0.2) is 23.3 Å². The van der Waals surface area contributed by atoms with Gasteiger partial charge in [-0.3, -0.25) is 4.79 Å². The number of carbonyl (C=O) groups excluding carboxylic acids is 1. The molecule has 150 valence electrons. The van der Waals surface area contributed by atoms with Gasteiger partial charge in [0, 0.05) is 5.56 Å². The van der Waals surface area contributed by atoms with Crippen LogP contribution in [-0.2, 0) is 4.79 Å². The molecule has 1 heterocycles. The summed E-state index contributed by atoms with van der Waals surface area (Å²) in [7, 11) is 1.55. The van der Waals surface area contributed by atoms with E-state index in [1.54, 1.807) is 43.5 Å². The van der Waals surface area contributed by atoms with Crippen LogP contribution in [0, 0.1) is 30.2 Å². The molecule has 1 amide bonds. The number of hydrogen-bond acceptors (Lipinski definition) is 3. The average Bonchev–Trinajstić information content (AvgIpc) is 2.99. The SMILES string of the molecule is COc1ccc(/C=C/C=C2/C(=O)N(c3c(F)c(F)c(C)c(F)c3F)N=C2C)cc1. The van der Waals surface area contributed by atoms with E-state index in [0.717, 1.165) is 12.5 Å². The van der Waals surface area contributed by atoms with Gasteiger partial charge in [-0.15, -0.1) is 0 Å². The molecule has 0 unspecified atom stereocenters. The highest BCUT2D eigenvalue weighted by atomic mass is 19.2. The van der Waals surface area contributed by atoms with E-state index < -0.39 is 40.4 Å². The average molecular weight is 404 g/mol. The van der Waals surface area contributed by atoms with Gasteiger partial charge >= 0.3 is 0 Å². The molecule has 0 N–H and O–H groups in total. The zero-order chi connectivity index (χ0) is 21.3. The lowest BCUT2D eigenvalue weighted by Gasteiger charge is -2.15. The monoisotopic (exact) mass is 404 g/mol. The van der Waals surface area contributed by atoms with Crippen LogP contribution in [0.1, 0.15) is 18.1 Å². The summed E-state index contributed by atoms with van der Waals surface area (Å²) in [4.78, 5) is 12.6. The number of ether oxygens (including phenoxy) is 1. The van der Waals surface area contributed by atoms with Crippen LogP contribution in [0.5, 0.6) is 5.75 Å². The summed E-state index contributed by atoms with van der Waals surface area (Å²) >= 11 is 0. The smallest absolute Gasteiger partial charge is 0.280 e. The fourth-order valence-corrected chi connectivity index (χ4v) is 2.75. The molecule has 0 bridgehead atoms. The molecule has 0 spiro atoms. The number of hydrogen-bond donors (Lipinski definition) is 0. The van der Waals surface area contributed by atoms with E-state index in [4.69, 9.17) is 4.74 Å². The van der Waals surface area contributed by atoms with Crippen LogP contribution < -0.4 is 9.75 Å². The van der Waals surface area contributed by atoms with E-state index in [0.29, 0.717) is 10.8 Å². The topological polar surface area (TPSA) is 41.9 Å². The number of carbonyl (C=O) groups is 1. The Kier molecular flexibility index (Phi) is 5.54. The molecule has 4 nitrogen and oxygen atoms in total. The van der Waals surface area contributed by atoms with Gasteiger partial charge in [0.1, 0.15) is 11.4 Å². The molecule has 0 saturated carbocycles. The fraction of sp³-hybridized carbons (Fsp3) is 0.143. The minimum atomic E-state index is -1.68. The second-order valence-electron chi connectivity index (χ2n) is 6.24. The van der Waals surface area contributed by atoms with Crippen LogP contribution in [-0.4, -0.2) is 18.7 Å². The Labute approximate surface area is 164 Å². The molecule has 0 aliphatic carbocycles. The Morgan fingerprint density at radius 2 is 1.55 bits per heavy atom. The van der Waals surface area contributed by atoms with Crippen LogP contribution in [0.4, 0.5) is 23.2 Å². The maximum absolute atomic E-state index is 14.2. The summed E-state index contributed by atoms with van der Waals surface area (Å²) in [5.74, 6) is -6.72. The highest BCUT2D eigenvalue weighted by Crippen LogP contribution is 2.33. The van der Waals surface area contributed by atoms with E-state index in [1.165, 1.54) is 13.0 Å². The number of methoxy groups -OCH3 is 1. The van der Waals surface area contributed by atoms with E-state index in [1.807, 2.05) is 0 Å². The summed E-state index contributed by atoms with van der Waals surface area (Å²) < 4.78 is 61.2. The molecular weight excluding hydrogens is 388 g/mol. The molecule has 2 aromatic rings. The summed E-state index contributed by atoms with van der Waals surface area (Å²) in [6.07, 6.45) is 4.66. The van der Waals surface area contributed by atoms with Crippen LogP contribution in [0.15, 0.2) is 47.1 Å². The van der Waals surface area contributed by atoms with Gasteiger partial charge in [-0.05, 0) is 37.6 Å². The van der Waals surface area contributed by atoms with Crippen molar-refractivity contribution in [2.75, 3.05) is 12.1 Å². The first kappa shape index (κ1) is 20.3. The Morgan fingerprint density at radius 1 is 0.966 bits per heavy atom. The minimum Gasteiger partial charge on any atom is -0.497 e. The highest BCUT2D eigenvalue weighted by Gasteiger charge is 2.35. The normalized spacial score (nSPS) is 15.6. The third-order valence-electron chi connectivity index (χ3n) is 4.40. The first-order valence-corrected chi connectivity index (χ1v) is 8.51. The van der Waals surface area contributed by atoms with Crippen LogP contribution in [0.3, 0.4) is 0 Å². The molecule has 2 aromatic carbocycles. The number of hydrazone groups is 1. The Hall–Kier alpha value is -3.42. The number of nitrogens with zero attached hydrogens (tertiary/aromatic N) is 2. The van der Waals surface area contributed by atoms with E-state index in [-0.39, 0.29) is 11.3 Å². The molecule has 8 heteroatoms. The number of allylic oxidation sites excluding steroid dienone is 2. The molecule has 0 fully saturated rings. The van der Waals surface area contributed by atoms with Gasteiger partial charge in [0.05, 0.1) is 18.4 Å². The van der Waals surface area contributed by atoms with Gasteiger partial charge < -0.3 is 4.74 Å². The Bertz CT molecular complexity index is 1040. The lowest BCUT2D eigenvalue weighted by Crippen LogP contribution is -2.25. The lowest BCUT2D eigenvalue weighted by atomic mass is 10.1. The summed E-state index contributed by atoms with van der Waals surface area (Å²) in [6, 6.07) is 7.10. The number of halogens is 4. The zero-order valence-electron chi connectivity index (χ0n) is 15.8. The van der Waals surface area contributed by atoms with Crippen molar-refractivity contribution >= 4 is 23.4 Å². The van der Waals surface area contributed by atoms with Crippen molar-refractivity contribution in [3.05, 3.63) is 76.4 Å². The molecule has 0 radical (unpaired) electrons. The van der Waals surface area contributed by atoms with Crippen molar-refractivity contribution < 1.29 is 27.1 Å². The largest absolute Gasteiger partial charge is 0.497 e. The quantitative estimate of drug-likeness (QED) is 0.412. The van der Waals surface area contributed by atoms with E-state index in [9.17, 15) is 22.4 Å². The first-order valence-electron chi connectivity index (χ1n) is 8.51. The van der Waals surface area contributed by atoms with E-state index in [2.05, 4.69) is 5.10 Å². The molecule has 1 aliphatic rings. The van der Waals surface area contributed by atoms with Gasteiger partial charge in [-0.1, -0.05) is 24.3 Å². The highest BCUT2D eigenvalue weighted by molar-refractivity contribution is 6.29. The molecule has 0 saturated heterocycles. The Balaban J connectivity index is 1.91. The molecule has 29 heavy (non-hydrogen) atoms. The summed E-state index contributed by atoms with van der Waals surface area (Å²) in [5, 5.41) is 4.10. The Morgan fingerprint density at radius 3 is 2.10 bits per heavy atom. The van der Waals surface area contributed by atoms with Gasteiger partial charge in [-0.2, -0.15) is 10.1 Å². The second kappa shape index (κ2) is 7.90. The van der Waals surface area contributed by atoms with Gasteiger partial charge in [0.2, 0.25) is 0 Å². The van der Waals surface area contributed by atoms with Crippen LogP contribution in [0.2, 0.25) is 0 Å². The first-order chi connectivity index (χ1) is 13.8. The van der Waals surface area contributed by atoms with Crippen LogP contribution in [0.25, 0.3) is 6.08 Å². The summed E-state index contributed by atoms with van der Waals surface area (Å²) in [5.41, 5.74) is -0.990. The van der Waals surface area contributed by atoms with Gasteiger partial charge in [-0.25, -0.2) is 17.6 Å². The van der Waals surface area contributed by atoms with Gasteiger partial charge in [0.25, 0.3) is 5.91 Å². The van der Waals surface area contributed by atoms with Crippen molar-refractivity contribution in [2.45, 2.75) is 13.8 Å².